The quantitative estimate of drug-likeness (QED) is 0.853. The lowest BCUT2D eigenvalue weighted by atomic mass is 10.1. The van der Waals surface area contributed by atoms with Crippen LogP contribution in [-0.2, 0) is 6.54 Å². The number of nitrogens with one attached hydrogen (secondary N) is 1. The van der Waals surface area contributed by atoms with E-state index in [0.717, 1.165) is 5.56 Å². The highest BCUT2D eigenvalue weighted by molar-refractivity contribution is 5.60. The predicted molar refractivity (Wildman–Crippen MR) is 62.4 cm³/mol. The molecule has 0 saturated heterocycles. The molecule has 1 heterocycles. The van der Waals surface area contributed by atoms with E-state index < -0.39 is 0 Å². The number of rotatable bonds is 3. The molecular weight excluding hydrogens is 203 g/mol. The van der Waals surface area contributed by atoms with E-state index in [2.05, 4.69) is 10.3 Å². The Morgan fingerprint density at radius 3 is 2.75 bits per heavy atom. The maximum absolute atomic E-state index is 13.8. The molecule has 2 nitrogen and oxygen atoms in total. The number of halogens is 1. The van der Waals surface area contributed by atoms with Crippen molar-refractivity contribution < 1.29 is 4.39 Å². The van der Waals surface area contributed by atoms with Gasteiger partial charge in [-0.25, -0.2) is 4.39 Å². The number of aromatic nitrogens is 1. The zero-order chi connectivity index (χ0) is 11.4. The van der Waals surface area contributed by atoms with Gasteiger partial charge in [0.25, 0.3) is 0 Å². The average Bonchev–Trinajstić information content (AvgIpc) is 2.31. The van der Waals surface area contributed by atoms with E-state index in [9.17, 15) is 4.39 Å². The molecule has 0 unspecified atom stereocenters. The predicted octanol–water partition coefficient (Wildman–Crippen LogP) is 2.61. The van der Waals surface area contributed by atoms with Crippen molar-refractivity contribution in [3.63, 3.8) is 0 Å². The van der Waals surface area contributed by atoms with E-state index in [4.69, 9.17) is 0 Å². The Morgan fingerprint density at radius 1 is 1.25 bits per heavy atom. The van der Waals surface area contributed by atoms with Gasteiger partial charge in [-0.3, -0.25) is 4.98 Å². The van der Waals surface area contributed by atoms with Gasteiger partial charge in [0.1, 0.15) is 5.82 Å². The summed E-state index contributed by atoms with van der Waals surface area (Å²) < 4.78 is 13.8. The first-order chi connectivity index (χ1) is 7.81. The summed E-state index contributed by atoms with van der Waals surface area (Å²) in [5.41, 5.74) is 2.14. The molecule has 1 aromatic carbocycles. The number of hydrogen-bond acceptors (Lipinski definition) is 2. The molecule has 0 radical (unpaired) electrons. The largest absolute Gasteiger partial charge is 0.316 e. The van der Waals surface area contributed by atoms with Crippen LogP contribution in [0.5, 0.6) is 0 Å². The fourth-order valence-corrected chi connectivity index (χ4v) is 1.60. The molecule has 0 aliphatic carbocycles. The van der Waals surface area contributed by atoms with Crippen LogP contribution in [0.4, 0.5) is 4.39 Å². The summed E-state index contributed by atoms with van der Waals surface area (Å²) in [7, 11) is 1.84. The highest BCUT2D eigenvalue weighted by Crippen LogP contribution is 2.21. The Balaban J connectivity index is 2.37. The summed E-state index contributed by atoms with van der Waals surface area (Å²) in [6, 6.07) is 10.7. The third-order valence-corrected chi connectivity index (χ3v) is 2.36. The Labute approximate surface area is 94.2 Å². The molecule has 3 heteroatoms. The fraction of sp³-hybridized carbons (Fsp3) is 0.154. The molecule has 0 fully saturated rings. The fourth-order valence-electron chi connectivity index (χ4n) is 1.60. The van der Waals surface area contributed by atoms with E-state index in [-0.39, 0.29) is 5.82 Å². The molecule has 0 aliphatic heterocycles. The van der Waals surface area contributed by atoms with Crippen molar-refractivity contribution in [3.05, 3.63) is 54.0 Å². The normalized spacial score (nSPS) is 10.4. The lowest BCUT2D eigenvalue weighted by molar-refractivity contribution is 0.626. The Kier molecular flexibility index (Phi) is 3.27. The molecule has 0 atom stereocenters. The highest BCUT2D eigenvalue weighted by atomic mass is 19.1. The van der Waals surface area contributed by atoms with Crippen molar-refractivity contribution in [3.8, 4) is 11.3 Å². The molecule has 0 amide bonds. The van der Waals surface area contributed by atoms with Gasteiger partial charge in [-0.05, 0) is 36.9 Å². The van der Waals surface area contributed by atoms with Crippen LogP contribution >= 0.6 is 0 Å². The molecular formula is C13H13FN2. The molecule has 1 N–H and O–H groups in total. The zero-order valence-electron chi connectivity index (χ0n) is 9.07. The summed E-state index contributed by atoms with van der Waals surface area (Å²) in [6.45, 7) is 0.666. The van der Waals surface area contributed by atoms with Crippen molar-refractivity contribution >= 4 is 0 Å². The van der Waals surface area contributed by atoms with E-state index in [0.29, 0.717) is 17.8 Å². The van der Waals surface area contributed by atoms with E-state index >= 15 is 0 Å². The Hall–Kier alpha value is -1.74. The summed E-state index contributed by atoms with van der Waals surface area (Å²) >= 11 is 0. The molecule has 1 aromatic heterocycles. The monoisotopic (exact) mass is 216 g/mol. The van der Waals surface area contributed by atoms with Crippen molar-refractivity contribution in [2.75, 3.05) is 7.05 Å². The van der Waals surface area contributed by atoms with Gasteiger partial charge < -0.3 is 5.32 Å². The number of hydrogen-bond donors (Lipinski definition) is 1. The van der Waals surface area contributed by atoms with Gasteiger partial charge >= 0.3 is 0 Å². The first-order valence-corrected chi connectivity index (χ1v) is 5.15. The van der Waals surface area contributed by atoms with Crippen molar-refractivity contribution in [1.29, 1.82) is 0 Å². The molecule has 0 aliphatic rings. The van der Waals surface area contributed by atoms with Crippen LogP contribution in [0.2, 0.25) is 0 Å². The van der Waals surface area contributed by atoms with Crippen LogP contribution in [0, 0.1) is 5.82 Å². The summed E-state index contributed by atoms with van der Waals surface area (Å²) in [5, 5.41) is 2.99. The first-order valence-electron chi connectivity index (χ1n) is 5.15. The first kappa shape index (κ1) is 10.8. The van der Waals surface area contributed by atoms with Crippen LogP contribution in [0.1, 0.15) is 5.56 Å². The van der Waals surface area contributed by atoms with Crippen LogP contribution in [0.25, 0.3) is 11.3 Å². The molecule has 82 valence electrons. The number of benzene rings is 1. The standard InChI is InChI=1S/C13H13FN2/c1-15-9-10-5-6-11(12(14)8-10)13-4-2-3-7-16-13/h2-8,15H,9H2,1H3. The third-order valence-electron chi connectivity index (χ3n) is 2.36. The number of nitrogens with zero attached hydrogens (tertiary/aromatic N) is 1. The van der Waals surface area contributed by atoms with Gasteiger partial charge in [-0.2, -0.15) is 0 Å². The van der Waals surface area contributed by atoms with Gasteiger partial charge in [-0.1, -0.05) is 12.1 Å². The minimum atomic E-state index is -0.230. The summed E-state index contributed by atoms with van der Waals surface area (Å²) in [4.78, 5) is 4.13. The topological polar surface area (TPSA) is 24.9 Å². The van der Waals surface area contributed by atoms with Gasteiger partial charge in [0, 0.05) is 18.3 Å². The molecule has 0 saturated carbocycles. The van der Waals surface area contributed by atoms with Crippen LogP contribution in [0.15, 0.2) is 42.6 Å². The lowest BCUT2D eigenvalue weighted by Gasteiger charge is -2.05. The Bertz CT molecular complexity index is 469. The maximum atomic E-state index is 13.8. The molecule has 2 aromatic rings. The van der Waals surface area contributed by atoms with Crippen LogP contribution in [0.3, 0.4) is 0 Å². The van der Waals surface area contributed by atoms with Crippen molar-refractivity contribution in [2.45, 2.75) is 6.54 Å². The third kappa shape index (κ3) is 2.25. The van der Waals surface area contributed by atoms with Gasteiger partial charge in [0.05, 0.1) is 5.69 Å². The van der Waals surface area contributed by atoms with Gasteiger partial charge in [0.2, 0.25) is 0 Å². The van der Waals surface area contributed by atoms with E-state index in [1.165, 1.54) is 0 Å². The second kappa shape index (κ2) is 4.86. The smallest absolute Gasteiger partial charge is 0.132 e. The zero-order valence-corrected chi connectivity index (χ0v) is 9.07. The van der Waals surface area contributed by atoms with Crippen molar-refractivity contribution in [2.24, 2.45) is 0 Å². The average molecular weight is 216 g/mol. The summed E-state index contributed by atoms with van der Waals surface area (Å²) in [6.07, 6.45) is 1.66. The Morgan fingerprint density at radius 2 is 2.12 bits per heavy atom. The van der Waals surface area contributed by atoms with Gasteiger partial charge in [-0.15, -0.1) is 0 Å². The second-order valence-corrected chi connectivity index (χ2v) is 3.56. The summed E-state index contributed by atoms with van der Waals surface area (Å²) in [5.74, 6) is -0.230. The van der Waals surface area contributed by atoms with E-state index in [1.54, 1.807) is 24.4 Å². The SMILES string of the molecule is CNCc1ccc(-c2ccccn2)c(F)c1. The van der Waals surface area contributed by atoms with E-state index in [1.807, 2.05) is 25.2 Å². The molecule has 16 heavy (non-hydrogen) atoms. The second-order valence-electron chi connectivity index (χ2n) is 3.56. The lowest BCUT2D eigenvalue weighted by Crippen LogP contribution is -2.05. The maximum Gasteiger partial charge on any atom is 0.132 e. The van der Waals surface area contributed by atoms with Gasteiger partial charge in [0.15, 0.2) is 0 Å². The van der Waals surface area contributed by atoms with Crippen LogP contribution in [-0.4, -0.2) is 12.0 Å². The minimum absolute atomic E-state index is 0.230. The molecule has 0 bridgehead atoms. The van der Waals surface area contributed by atoms with Crippen LogP contribution < -0.4 is 5.32 Å². The molecule has 0 spiro atoms. The highest BCUT2D eigenvalue weighted by Gasteiger charge is 2.06. The number of pyridine rings is 1. The minimum Gasteiger partial charge on any atom is -0.316 e. The molecule has 2 rings (SSSR count). The van der Waals surface area contributed by atoms with Crippen molar-refractivity contribution in [1.82, 2.24) is 10.3 Å².